The molecule has 5 nitrogen and oxygen atoms in total. The number of nitrogens with zero attached hydrogens (tertiary/aromatic N) is 1. The van der Waals surface area contributed by atoms with Crippen LogP contribution in [0.1, 0.15) is 48.4 Å². The van der Waals surface area contributed by atoms with Crippen LogP contribution in [0.5, 0.6) is 11.5 Å². The summed E-state index contributed by atoms with van der Waals surface area (Å²) < 4.78 is 17.6. The number of aryl methyl sites for hydroxylation is 3. The molecule has 0 N–H and O–H groups in total. The first kappa shape index (κ1) is 25.5. The number of oxime groups is 1. The summed E-state index contributed by atoms with van der Waals surface area (Å²) in [4.78, 5) is 4.97. The van der Waals surface area contributed by atoms with Gasteiger partial charge in [-0.15, -0.1) is 0 Å². The third-order valence-electron chi connectivity index (χ3n) is 5.02. The predicted molar refractivity (Wildman–Crippen MR) is 131 cm³/mol. The zero-order valence-corrected chi connectivity index (χ0v) is 20.1. The van der Waals surface area contributed by atoms with Gasteiger partial charge >= 0.3 is 0 Å². The van der Waals surface area contributed by atoms with Crippen molar-refractivity contribution in [2.45, 2.75) is 47.0 Å². The second-order valence-electron chi connectivity index (χ2n) is 7.81. The lowest BCUT2D eigenvalue weighted by atomic mass is 10.1. The summed E-state index contributed by atoms with van der Waals surface area (Å²) in [7, 11) is 1.56. The minimum absolute atomic E-state index is 0.439. The van der Waals surface area contributed by atoms with E-state index in [1.807, 2.05) is 43.3 Å². The molecule has 0 saturated carbocycles. The van der Waals surface area contributed by atoms with Crippen LogP contribution in [0.4, 0.5) is 0 Å². The van der Waals surface area contributed by atoms with Crippen molar-refractivity contribution in [1.82, 2.24) is 0 Å². The molecular formula is C27H37NO4. The van der Waals surface area contributed by atoms with Gasteiger partial charge in [0, 0.05) is 12.2 Å². The highest BCUT2D eigenvalue weighted by Crippen LogP contribution is 2.28. The normalized spacial score (nSPS) is 11.7. The van der Waals surface area contributed by atoms with E-state index in [0.29, 0.717) is 26.4 Å². The van der Waals surface area contributed by atoms with Crippen molar-refractivity contribution in [2.75, 3.05) is 33.5 Å². The first-order valence-electron chi connectivity index (χ1n) is 11.3. The zero-order valence-electron chi connectivity index (χ0n) is 20.1. The molecular weight excluding hydrogens is 402 g/mol. The maximum Gasteiger partial charge on any atom is 0.125 e. The molecule has 0 spiro atoms. The lowest BCUT2D eigenvalue weighted by Crippen LogP contribution is -2.12. The smallest absolute Gasteiger partial charge is 0.125 e. The Morgan fingerprint density at radius 3 is 2.25 bits per heavy atom. The van der Waals surface area contributed by atoms with Gasteiger partial charge in [0.05, 0.1) is 13.2 Å². The lowest BCUT2D eigenvalue weighted by molar-refractivity contribution is 0.157. The maximum absolute atomic E-state index is 6.05. The minimum Gasteiger partial charge on any atom is -0.493 e. The second kappa shape index (κ2) is 14.3. The quantitative estimate of drug-likeness (QED) is 0.153. The molecule has 0 aromatic heterocycles. The Morgan fingerprint density at radius 2 is 1.59 bits per heavy atom. The van der Waals surface area contributed by atoms with Gasteiger partial charge < -0.3 is 19.0 Å². The Hall–Kier alpha value is -2.79. The fourth-order valence-electron chi connectivity index (χ4n) is 3.31. The molecule has 174 valence electrons. The van der Waals surface area contributed by atoms with Crippen LogP contribution in [-0.2, 0) is 9.57 Å². The van der Waals surface area contributed by atoms with E-state index in [2.05, 4.69) is 38.1 Å². The van der Waals surface area contributed by atoms with Crippen molar-refractivity contribution < 1.29 is 19.0 Å². The first-order chi connectivity index (χ1) is 15.5. The summed E-state index contributed by atoms with van der Waals surface area (Å²) >= 11 is 0. The van der Waals surface area contributed by atoms with E-state index in [1.165, 1.54) is 5.56 Å². The van der Waals surface area contributed by atoms with E-state index in [4.69, 9.17) is 19.0 Å². The fraction of sp³-hybridized carbons (Fsp3) is 0.444. The summed E-state index contributed by atoms with van der Waals surface area (Å²) in [5, 5.41) is 4.11. The van der Waals surface area contributed by atoms with Crippen molar-refractivity contribution >= 4 is 5.71 Å². The molecule has 5 heteroatoms. The van der Waals surface area contributed by atoms with Gasteiger partial charge in [0.25, 0.3) is 0 Å². The molecule has 32 heavy (non-hydrogen) atoms. The van der Waals surface area contributed by atoms with E-state index >= 15 is 0 Å². The molecule has 0 aliphatic rings. The third-order valence-corrected chi connectivity index (χ3v) is 5.02. The first-order valence-corrected chi connectivity index (χ1v) is 11.3. The van der Waals surface area contributed by atoms with E-state index in [-0.39, 0.29) is 0 Å². The molecule has 0 aliphatic carbocycles. The monoisotopic (exact) mass is 439 g/mol. The maximum atomic E-state index is 6.05. The van der Waals surface area contributed by atoms with Crippen LogP contribution in [0.2, 0.25) is 0 Å². The van der Waals surface area contributed by atoms with Crippen molar-refractivity contribution in [3.8, 4) is 11.5 Å². The molecule has 0 unspecified atom stereocenters. The second-order valence-corrected chi connectivity index (χ2v) is 7.81. The van der Waals surface area contributed by atoms with E-state index in [1.54, 1.807) is 7.11 Å². The fourth-order valence-corrected chi connectivity index (χ4v) is 3.31. The molecule has 2 aromatic carbocycles. The number of rotatable bonds is 14. The van der Waals surface area contributed by atoms with Gasteiger partial charge in [0.1, 0.15) is 30.9 Å². The summed E-state index contributed by atoms with van der Waals surface area (Å²) in [6, 6.07) is 12.3. The highest BCUT2D eigenvalue weighted by atomic mass is 16.6. The number of allylic oxidation sites excluding steroid dienone is 1. The molecule has 0 saturated heterocycles. The summed E-state index contributed by atoms with van der Waals surface area (Å²) in [6.45, 7) is 10.6. The number of hydrogen-bond donors (Lipinski definition) is 0. The van der Waals surface area contributed by atoms with Crippen LogP contribution in [0, 0.1) is 20.8 Å². The minimum atomic E-state index is 0.439. The molecule has 2 aromatic rings. The van der Waals surface area contributed by atoms with E-state index < -0.39 is 0 Å². The highest BCUT2D eigenvalue weighted by Gasteiger charge is 2.08. The van der Waals surface area contributed by atoms with Crippen LogP contribution in [0.25, 0.3) is 0 Å². The van der Waals surface area contributed by atoms with Gasteiger partial charge in [-0.1, -0.05) is 47.1 Å². The van der Waals surface area contributed by atoms with Crippen LogP contribution in [0.15, 0.2) is 53.7 Å². The molecule has 2 rings (SSSR count). The molecule has 0 fully saturated rings. The standard InChI is InChI=1S/C27H37NO4/c1-6-7-16-31-25-18-22(3)27(23(4)19-25)32-17-10-8-9-15-30-20-26(28-29-5)24-13-11-21(2)12-14-24/h6-7,11-14,18-19H,8-10,15-17,20H2,1-5H3/b7-6+,28-26-. The Morgan fingerprint density at radius 1 is 0.906 bits per heavy atom. The van der Waals surface area contributed by atoms with Gasteiger partial charge in [-0.2, -0.15) is 0 Å². The van der Waals surface area contributed by atoms with Crippen molar-refractivity contribution in [3.05, 3.63) is 70.8 Å². The van der Waals surface area contributed by atoms with Crippen LogP contribution >= 0.6 is 0 Å². The largest absolute Gasteiger partial charge is 0.493 e. The third kappa shape index (κ3) is 8.75. The molecule has 0 amide bonds. The van der Waals surface area contributed by atoms with Gasteiger partial charge in [0.15, 0.2) is 0 Å². The lowest BCUT2D eigenvalue weighted by Gasteiger charge is -2.14. The predicted octanol–water partition coefficient (Wildman–Crippen LogP) is 6.18. The number of hydrogen-bond acceptors (Lipinski definition) is 5. The van der Waals surface area contributed by atoms with E-state index in [9.17, 15) is 0 Å². The average Bonchev–Trinajstić information content (AvgIpc) is 2.77. The Bertz CT molecular complexity index is 849. The average molecular weight is 440 g/mol. The van der Waals surface area contributed by atoms with Crippen LogP contribution in [-0.4, -0.2) is 39.2 Å². The number of unbranched alkanes of at least 4 members (excludes halogenated alkanes) is 2. The van der Waals surface area contributed by atoms with Crippen molar-refractivity contribution in [3.63, 3.8) is 0 Å². The zero-order chi connectivity index (χ0) is 23.2. The number of benzene rings is 2. The van der Waals surface area contributed by atoms with Crippen LogP contribution in [0.3, 0.4) is 0 Å². The summed E-state index contributed by atoms with van der Waals surface area (Å²) in [5.41, 5.74) is 5.25. The van der Waals surface area contributed by atoms with Crippen LogP contribution < -0.4 is 9.47 Å². The van der Waals surface area contributed by atoms with Gasteiger partial charge in [-0.25, -0.2) is 0 Å². The van der Waals surface area contributed by atoms with E-state index in [0.717, 1.165) is 53.2 Å². The summed E-state index contributed by atoms with van der Waals surface area (Å²) in [6.07, 6.45) is 6.99. The number of ether oxygens (including phenoxy) is 3. The molecule has 0 aliphatic heterocycles. The molecule has 0 atom stereocenters. The Balaban J connectivity index is 1.66. The molecule has 0 heterocycles. The highest BCUT2D eigenvalue weighted by molar-refractivity contribution is 6.01. The SMILES string of the molecule is C/C=C/COc1cc(C)c(OCCCCCOC/C(=N/OC)c2ccc(C)cc2)c(C)c1. The Labute approximate surface area is 193 Å². The Kier molecular flexibility index (Phi) is 11.4. The summed E-state index contributed by atoms with van der Waals surface area (Å²) in [5.74, 6) is 1.84. The van der Waals surface area contributed by atoms with Crippen molar-refractivity contribution in [2.24, 2.45) is 5.16 Å². The molecule has 0 radical (unpaired) electrons. The van der Waals surface area contributed by atoms with Gasteiger partial charge in [-0.3, -0.25) is 0 Å². The topological polar surface area (TPSA) is 49.3 Å². The molecule has 0 bridgehead atoms. The van der Waals surface area contributed by atoms with Crippen molar-refractivity contribution in [1.29, 1.82) is 0 Å². The van der Waals surface area contributed by atoms with Gasteiger partial charge in [0.2, 0.25) is 0 Å². The van der Waals surface area contributed by atoms with Gasteiger partial charge in [-0.05, 0) is 70.2 Å².